The highest BCUT2D eigenvalue weighted by Crippen LogP contribution is 2.36. The van der Waals surface area contributed by atoms with Gasteiger partial charge in [-0.15, -0.1) is 0 Å². The predicted octanol–water partition coefficient (Wildman–Crippen LogP) is 5.64. The molecule has 0 aromatic heterocycles. The average Bonchev–Trinajstić information content (AvgIpc) is 2.79. The average molecular weight is 434 g/mol. The smallest absolute Gasteiger partial charge is 0.174 e. The lowest BCUT2D eigenvalue weighted by Crippen LogP contribution is -2.40. The van der Waals surface area contributed by atoms with Crippen molar-refractivity contribution in [3.63, 3.8) is 0 Å². The van der Waals surface area contributed by atoms with Gasteiger partial charge < -0.3 is 20.7 Å². The van der Waals surface area contributed by atoms with E-state index in [-0.39, 0.29) is 11.9 Å². The molecular weight excluding hydrogens is 409 g/mol. The summed E-state index contributed by atoms with van der Waals surface area (Å²) in [4.78, 5) is 2.12. The molecule has 3 aromatic carbocycles. The van der Waals surface area contributed by atoms with Gasteiger partial charge in [0.15, 0.2) is 5.11 Å². The number of nitrogen functional groups attached to an aromatic ring is 1. The van der Waals surface area contributed by atoms with E-state index in [9.17, 15) is 4.39 Å². The lowest BCUT2D eigenvalue weighted by molar-refractivity contribution is 0.365. The molecule has 4 nitrogen and oxygen atoms in total. The van der Waals surface area contributed by atoms with E-state index in [4.69, 9.17) is 22.7 Å². The highest BCUT2D eigenvalue weighted by atomic mass is 32.1. The van der Waals surface area contributed by atoms with Crippen LogP contribution in [-0.2, 0) is 0 Å². The van der Waals surface area contributed by atoms with Gasteiger partial charge in [0, 0.05) is 23.5 Å². The molecule has 1 unspecified atom stereocenters. The summed E-state index contributed by atoms with van der Waals surface area (Å²) < 4.78 is 18.9. The summed E-state index contributed by atoms with van der Waals surface area (Å²) in [6.07, 6.45) is 3.00. The summed E-state index contributed by atoms with van der Waals surface area (Å²) in [6.45, 7) is 0.706. The Bertz CT molecular complexity index is 1110. The molecule has 3 N–H and O–H groups in total. The molecule has 0 radical (unpaired) electrons. The van der Waals surface area contributed by atoms with Crippen LogP contribution >= 0.6 is 12.2 Å². The summed E-state index contributed by atoms with van der Waals surface area (Å²) in [5.41, 5.74) is 10.9. The predicted molar refractivity (Wildman–Crippen MR) is 129 cm³/mol. The molecule has 0 aliphatic carbocycles. The van der Waals surface area contributed by atoms with Crippen molar-refractivity contribution in [3.8, 4) is 5.75 Å². The van der Waals surface area contributed by atoms with Gasteiger partial charge in [0.05, 0.1) is 13.2 Å². The molecule has 6 heteroatoms. The molecule has 0 spiro atoms. The first kappa shape index (κ1) is 20.9. The quantitative estimate of drug-likeness (QED) is 0.412. The van der Waals surface area contributed by atoms with Crippen molar-refractivity contribution in [2.24, 2.45) is 0 Å². The second-order valence-corrected chi connectivity index (χ2v) is 7.77. The van der Waals surface area contributed by atoms with Gasteiger partial charge in [-0.2, -0.15) is 0 Å². The number of hydrogen-bond donors (Lipinski definition) is 2. The van der Waals surface area contributed by atoms with Gasteiger partial charge in [0.25, 0.3) is 0 Å². The van der Waals surface area contributed by atoms with E-state index in [2.05, 4.69) is 16.3 Å². The minimum absolute atomic E-state index is 0.0946. The Morgan fingerprint density at radius 2 is 1.87 bits per heavy atom. The second-order valence-electron chi connectivity index (χ2n) is 7.38. The molecule has 158 valence electrons. The van der Waals surface area contributed by atoms with E-state index in [1.807, 2.05) is 48.5 Å². The van der Waals surface area contributed by atoms with Gasteiger partial charge in [0.2, 0.25) is 0 Å². The van der Waals surface area contributed by atoms with Crippen LogP contribution in [0.15, 0.2) is 78.9 Å². The van der Waals surface area contributed by atoms with E-state index in [1.54, 1.807) is 19.2 Å². The Morgan fingerprint density at radius 3 is 2.58 bits per heavy atom. The van der Waals surface area contributed by atoms with Crippen molar-refractivity contribution < 1.29 is 9.13 Å². The third-order valence-corrected chi connectivity index (χ3v) is 5.75. The maximum atomic E-state index is 13.6. The van der Waals surface area contributed by atoms with Gasteiger partial charge in [0.1, 0.15) is 11.6 Å². The molecule has 3 aromatic rings. The SMILES string of the molecule is COc1ccc(C2C=C(c3ccccc3N)CCN2C(=S)Nc2cccc(F)c2)cc1. The van der Waals surface area contributed by atoms with E-state index >= 15 is 0 Å². The van der Waals surface area contributed by atoms with Crippen molar-refractivity contribution in [2.75, 3.05) is 24.7 Å². The molecule has 0 saturated heterocycles. The summed E-state index contributed by atoms with van der Waals surface area (Å²) in [6, 6.07) is 22.1. The number of rotatable bonds is 4. The Labute approximate surface area is 187 Å². The van der Waals surface area contributed by atoms with Crippen LogP contribution in [0.4, 0.5) is 15.8 Å². The molecule has 0 bridgehead atoms. The zero-order valence-electron chi connectivity index (χ0n) is 17.2. The van der Waals surface area contributed by atoms with Crippen LogP contribution in [0.3, 0.4) is 0 Å². The van der Waals surface area contributed by atoms with Crippen molar-refractivity contribution in [1.82, 2.24) is 4.90 Å². The zero-order valence-corrected chi connectivity index (χ0v) is 18.0. The van der Waals surface area contributed by atoms with E-state index in [1.165, 1.54) is 17.7 Å². The largest absolute Gasteiger partial charge is 0.497 e. The van der Waals surface area contributed by atoms with Gasteiger partial charge in [-0.1, -0.05) is 42.5 Å². The maximum Gasteiger partial charge on any atom is 0.174 e. The van der Waals surface area contributed by atoms with Gasteiger partial charge in [-0.3, -0.25) is 0 Å². The lowest BCUT2D eigenvalue weighted by atomic mass is 9.91. The Hall–Kier alpha value is -3.38. The summed E-state index contributed by atoms with van der Waals surface area (Å²) in [5.74, 6) is 0.489. The van der Waals surface area contributed by atoms with Gasteiger partial charge >= 0.3 is 0 Å². The monoisotopic (exact) mass is 433 g/mol. The van der Waals surface area contributed by atoms with Crippen LogP contribution in [0.2, 0.25) is 0 Å². The first-order valence-electron chi connectivity index (χ1n) is 10.1. The zero-order chi connectivity index (χ0) is 21.8. The third-order valence-electron chi connectivity index (χ3n) is 5.42. The number of nitrogens with two attached hydrogens (primary N) is 1. The third kappa shape index (κ3) is 4.70. The van der Waals surface area contributed by atoms with Crippen LogP contribution in [0.1, 0.15) is 23.6 Å². The van der Waals surface area contributed by atoms with E-state index in [0.29, 0.717) is 17.3 Å². The molecule has 0 fully saturated rings. The molecule has 1 aliphatic heterocycles. The summed E-state index contributed by atoms with van der Waals surface area (Å²) >= 11 is 5.72. The minimum atomic E-state index is -0.306. The van der Waals surface area contributed by atoms with Crippen LogP contribution < -0.4 is 15.8 Å². The number of para-hydroxylation sites is 1. The van der Waals surface area contributed by atoms with E-state index in [0.717, 1.165) is 29.0 Å². The minimum Gasteiger partial charge on any atom is -0.497 e. The molecule has 1 heterocycles. The number of nitrogens with zero attached hydrogens (tertiary/aromatic N) is 1. The number of thiocarbonyl (C=S) groups is 1. The number of anilines is 2. The van der Waals surface area contributed by atoms with Crippen molar-refractivity contribution in [2.45, 2.75) is 12.5 Å². The van der Waals surface area contributed by atoms with Crippen LogP contribution in [-0.4, -0.2) is 23.7 Å². The Balaban J connectivity index is 1.68. The topological polar surface area (TPSA) is 50.5 Å². The van der Waals surface area contributed by atoms with Crippen molar-refractivity contribution in [3.05, 3.63) is 95.8 Å². The highest BCUT2D eigenvalue weighted by Gasteiger charge is 2.27. The fourth-order valence-electron chi connectivity index (χ4n) is 3.82. The van der Waals surface area contributed by atoms with Gasteiger partial charge in [-0.05, 0) is 66.2 Å². The van der Waals surface area contributed by atoms with E-state index < -0.39 is 0 Å². The number of benzene rings is 3. The first-order valence-corrected chi connectivity index (χ1v) is 10.5. The standard InChI is InChI=1S/C25H24FN3OS/c1-30-21-11-9-17(10-12-21)24-15-18(22-7-2-3-8-23(22)27)13-14-29(24)25(31)28-20-6-4-5-19(26)16-20/h2-12,15-16,24H,13-14,27H2,1H3,(H,28,31). The van der Waals surface area contributed by atoms with Crippen LogP contribution in [0, 0.1) is 5.82 Å². The number of methoxy groups -OCH3 is 1. The number of hydrogen-bond acceptors (Lipinski definition) is 3. The number of ether oxygens (including phenoxy) is 1. The number of halogens is 1. The summed E-state index contributed by atoms with van der Waals surface area (Å²) in [7, 11) is 1.65. The molecule has 4 rings (SSSR count). The fourth-order valence-corrected chi connectivity index (χ4v) is 4.15. The van der Waals surface area contributed by atoms with Crippen molar-refractivity contribution in [1.29, 1.82) is 0 Å². The highest BCUT2D eigenvalue weighted by molar-refractivity contribution is 7.80. The molecule has 1 aliphatic rings. The molecule has 1 atom stereocenters. The molecule has 31 heavy (non-hydrogen) atoms. The van der Waals surface area contributed by atoms with Crippen LogP contribution in [0.25, 0.3) is 5.57 Å². The molecular formula is C25H24FN3OS. The van der Waals surface area contributed by atoms with Crippen molar-refractivity contribution >= 4 is 34.3 Å². The molecule has 0 amide bonds. The molecule has 0 saturated carbocycles. The fraction of sp³-hybridized carbons (Fsp3) is 0.160. The first-order chi connectivity index (χ1) is 15.0. The number of nitrogens with one attached hydrogen (secondary N) is 1. The normalized spacial score (nSPS) is 15.9. The van der Waals surface area contributed by atoms with Gasteiger partial charge in [-0.25, -0.2) is 4.39 Å². The Morgan fingerprint density at radius 1 is 1.10 bits per heavy atom. The second kappa shape index (κ2) is 9.18. The van der Waals surface area contributed by atoms with Crippen LogP contribution in [0.5, 0.6) is 5.75 Å². The lowest BCUT2D eigenvalue weighted by Gasteiger charge is -2.37. The summed E-state index contributed by atoms with van der Waals surface area (Å²) in [5, 5.41) is 3.72. The maximum absolute atomic E-state index is 13.6. The Kier molecular flexibility index (Phi) is 6.18.